The number of anilines is 1. The number of fused-ring (bicyclic) bond motifs is 3. The highest BCUT2D eigenvalue weighted by Crippen LogP contribution is 2.65. The summed E-state index contributed by atoms with van der Waals surface area (Å²) >= 11 is 3.64. The molecule has 2 bridgehead atoms. The van der Waals surface area contributed by atoms with Gasteiger partial charge in [-0.05, 0) is 102 Å². The van der Waals surface area contributed by atoms with Crippen LogP contribution < -0.4 is 9.64 Å². The van der Waals surface area contributed by atoms with Crippen molar-refractivity contribution < 1.29 is 4.74 Å². The number of hydrogen-bond donors (Lipinski definition) is 0. The summed E-state index contributed by atoms with van der Waals surface area (Å²) in [5, 5.41) is 0. The summed E-state index contributed by atoms with van der Waals surface area (Å²) in [5.41, 5.74) is 5.92. The predicted octanol–water partition coefficient (Wildman–Crippen LogP) is 8.30. The van der Waals surface area contributed by atoms with E-state index < -0.39 is 0 Å². The van der Waals surface area contributed by atoms with E-state index in [0.717, 1.165) is 29.6 Å². The lowest BCUT2D eigenvalue weighted by Gasteiger charge is -2.69. The van der Waals surface area contributed by atoms with Crippen LogP contribution in [0.5, 0.6) is 5.75 Å². The predicted molar refractivity (Wildman–Crippen MR) is 148 cm³/mol. The SMILES string of the molecule is C=CC[C@H]1[C@@H]2CCc3cc(OCc4ccccc4)ccc3[C@@]23CC[C@]1(C)CN3c1ccc(Br)cc1. The highest BCUT2D eigenvalue weighted by molar-refractivity contribution is 9.10. The number of aryl methyl sites for hydroxylation is 1. The van der Waals surface area contributed by atoms with Crippen molar-refractivity contribution in [2.75, 3.05) is 11.4 Å². The van der Waals surface area contributed by atoms with Gasteiger partial charge in [0.2, 0.25) is 0 Å². The molecule has 3 fully saturated rings. The van der Waals surface area contributed by atoms with E-state index in [1.54, 1.807) is 0 Å². The molecule has 0 radical (unpaired) electrons. The third kappa shape index (κ3) is 3.74. The van der Waals surface area contributed by atoms with Crippen molar-refractivity contribution in [2.45, 2.75) is 51.2 Å². The van der Waals surface area contributed by atoms with E-state index in [2.05, 4.69) is 107 Å². The minimum absolute atomic E-state index is 0.0464. The number of benzene rings is 3. The highest BCUT2D eigenvalue weighted by Gasteiger charge is 2.63. The van der Waals surface area contributed by atoms with Crippen molar-refractivity contribution in [1.82, 2.24) is 0 Å². The maximum Gasteiger partial charge on any atom is 0.120 e. The monoisotopic (exact) mass is 527 g/mol. The molecule has 180 valence electrons. The Hall–Kier alpha value is -2.52. The van der Waals surface area contributed by atoms with Crippen LogP contribution in [0.1, 0.15) is 49.3 Å². The van der Waals surface area contributed by atoms with Gasteiger partial charge in [0.1, 0.15) is 12.4 Å². The van der Waals surface area contributed by atoms with E-state index in [4.69, 9.17) is 4.74 Å². The van der Waals surface area contributed by atoms with E-state index in [9.17, 15) is 0 Å². The maximum absolute atomic E-state index is 6.24. The van der Waals surface area contributed by atoms with Gasteiger partial charge in [-0.3, -0.25) is 0 Å². The number of ether oxygens (including phenoxy) is 1. The third-order valence-electron chi connectivity index (χ3n) is 9.15. The molecule has 0 unspecified atom stereocenters. The number of piperidine rings is 2. The second-order valence-corrected chi connectivity index (χ2v) is 11.9. The Morgan fingerprint density at radius 1 is 1.06 bits per heavy atom. The maximum atomic E-state index is 6.24. The first-order valence-electron chi connectivity index (χ1n) is 13.0. The third-order valence-corrected chi connectivity index (χ3v) is 9.68. The van der Waals surface area contributed by atoms with E-state index in [0.29, 0.717) is 23.9 Å². The van der Waals surface area contributed by atoms with Gasteiger partial charge in [0.25, 0.3) is 0 Å². The van der Waals surface area contributed by atoms with Crippen LogP contribution >= 0.6 is 15.9 Å². The van der Waals surface area contributed by atoms with Gasteiger partial charge in [-0.15, -0.1) is 6.58 Å². The summed E-state index contributed by atoms with van der Waals surface area (Å²) in [6.45, 7) is 8.41. The average Bonchev–Trinajstić information content (AvgIpc) is 2.89. The van der Waals surface area contributed by atoms with Crippen LogP contribution in [0.15, 0.2) is 89.9 Å². The zero-order valence-corrected chi connectivity index (χ0v) is 22.1. The second-order valence-electron chi connectivity index (χ2n) is 11.0. The first-order chi connectivity index (χ1) is 17.0. The van der Waals surface area contributed by atoms with Crippen molar-refractivity contribution in [3.05, 3.63) is 107 Å². The minimum Gasteiger partial charge on any atom is -0.489 e. The van der Waals surface area contributed by atoms with Crippen molar-refractivity contribution in [1.29, 1.82) is 0 Å². The van der Waals surface area contributed by atoms with Crippen LogP contribution in [-0.2, 0) is 18.6 Å². The summed E-state index contributed by atoms with van der Waals surface area (Å²) in [6.07, 6.45) is 8.14. The standard InChI is InChI=1S/C32H34BrNO/c1-3-7-29-30-16-10-24-20-27(35-21-23-8-5-4-6-9-23)15-17-28(24)32(30)19-18-31(29,2)22-34(32)26-13-11-25(33)12-14-26/h3-6,8-9,11-15,17,20,29-30H,1,7,10,16,18-19,21-22H2,2H3/t29-,30-,31+,32-/m0/s1. The van der Waals surface area contributed by atoms with Gasteiger partial charge in [-0.1, -0.05) is 65.3 Å². The normalized spacial score (nSPS) is 28.8. The molecule has 2 nitrogen and oxygen atoms in total. The lowest BCUT2D eigenvalue weighted by atomic mass is 9.46. The number of halogens is 1. The molecule has 0 N–H and O–H groups in total. The van der Waals surface area contributed by atoms with Crippen LogP contribution in [0, 0.1) is 17.3 Å². The van der Waals surface area contributed by atoms with E-state index >= 15 is 0 Å². The van der Waals surface area contributed by atoms with Gasteiger partial charge < -0.3 is 9.64 Å². The fourth-order valence-corrected chi connectivity index (χ4v) is 7.80. The lowest BCUT2D eigenvalue weighted by Crippen LogP contribution is -2.69. The Kier molecular flexibility index (Phi) is 5.79. The number of nitrogens with zero attached hydrogens (tertiary/aromatic N) is 1. The molecular weight excluding hydrogens is 494 g/mol. The largest absolute Gasteiger partial charge is 0.489 e. The van der Waals surface area contributed by atoms with Crippen LogP contribution in [0.3, 0.4) is 0 Å². The van der Waals surface area contributed by atoms with E-state index in [-0.39, 0.29) is 5.54 Å². The molecule has 35 heavy (non-hydrogen) atoms. The molecule has 2 aliphatic carbocycles. The van der Waals surface area contributed by atoms with E-state index in [1.807, 2.05) is 6.07 Å². The zero-order valence-electron chi connectivity index (χ0n) is 20.6. The van der Waals surface area contributed by atoms with Crippen LogP contribution in [0.4, 0.5) is 5.69 Å². The highest BCUT2D eigenvalue weighted by atomic mass is 79.9. The quantitative estimate of drug-likeness (QED) is 0.299. The Balaban J connectivity index is 1.41. The molecule has 3 aromatic carbocycles. The molecular formula is C32H34BrNO. The van der Waals surface area contributed by atoms with Crippen molar-refractivity contribution >= 4 is 21.6 Å². The first kappa shape index (κ1) is 22.9. The minimum atomic E-state index is 0.0464. The first-order valence-corrected chi connectivity index (χ1v) is 13.8. The Morgan fingerprint density at radius 3 is 2.63 bits per heavy atom. The zero-order chi connectivity index (χ0) is 24.0. The molecule has 0 amide bonds. The van der Waals surface area contributed by atoms with Gasteiger partial charge in [0.05, 0.1) is 5.54 Å². The molecule has 2 saturated heterocycles. The van der Waals surface area contributed by atoms with Gasteiger partial charge in [0.15, 0.2) is 0 Å². The van der Waals surface area contributed by atoms with Gasteiger partial charge in [-0.25, -0.2) is 0 Å². The van der Waals surface area contributed by atoms with Crippen molar-refractivity contribution in [3.63, 3.8) is 0 Å². The smallest absolute Gasteiger partial charge is 0.120 e. The fraction of sp³-hybridized carbons (Fsp3) is 0.375. The summed E-state index contributed by atoms with van der Waals surface area (Å²) < 4.78 is 7.38. The molecule has 1 spiro atoms. The second kappa shape index (κ2) is 8.85. The fourth-order valence-electron chi connectivity index (χ4n) is 7.53. The average molecular weight is 529 g/mol. The molecule has 7 rings (SSSR count). The topological polar surface area (TPSA) is 12.5 Å². The van der Waals surface area contributed by atoms with E-state index in [1.165, 1.54) is 41.6 Å². The van der Waals surface area contributed by atoms with Crippen LogP contribution in [0.2, 0.25) is 0 Å². The molecule has 2 aliphatic heterocycles. The van der Waals surface area contributed by atoms with Crippen LogP contribution in [0.25, 0.3) is 0 Å². The molecule has 2 heterocycles. The number of rotatable bonds is 6. The summed E-state index contributed by atoms with van der Waals surface area (Å²) in [6, 6.07) is 26.4. The van der Waals surface area contributed by atoms with Crippen molar-refractivity contribution in [2.24, 2.45) is 17.3 Å². The molecule has 3 heteroatoms. The van der Waals surface area contributed by atoms with Gasteiger partial charge in [0, 0.05) is 16.7 Å². The van der Waals surface area contributed by atoms with Gasteiger partial charge in [-0.2, -0.15) is 0 Å². The summed E-state index contributed by atoms with van der Waals surface area (Å²) in [7, 11) is 0. The molecule has 3 aromatic rings. The van der Waals surface area contributed by atoms with Crippen molar-refractivity contribution in [3.8, 4) is 5.75 Å². The Bertz CT molecular complexity index is 1220. The van der Waals surface area contributed by atoms with Crippen LogP contribution in [-0.4, -0.2) is 6.54 Å². The van der Waals surface area contributed by atoms with Gasteiger partial charge >= 0.3 is 0 Å². The summed E-state index contributed by atoms with van der Waals surface area (Å²) in [4.78, 5) is 2.77. The molecule has 4 aliphatic rings. The lowest BCUT2D eigenvalue weighted by molar-refractivity contribution is -0.0586. The number of hydrogen-bond acceptors (Lipinski definition) is 2. The molecule has 0 aromatic heterocycles. The Labute approximate surface area is 218 Å². The Morgan fingerprint density at radius 2 is 1.86 bits per heavy atom. The number of allylic oxidation sites excluding steroid dienone is 1. The summed E-state index contributed by atoms with van der Waals surface area (Å²) in [5.74, 6) is 2.31. The molecule has 4 atom stereocenters. The molecule has 1 saturated carbocycles.